The van der Waals surface area contributed by atoms with Gasteiger partial charge in [0, 0.05) is 25.8 Å². The van der Waals surface area contributed by atoms with E-state index in [1.807, 2.05) is 28.9 Å². The average Bonchev–Trinajstić information content (AvgIpc) is 3.09. The van der Waals surface area contributed by atoms with Gasteiger partial charge in [0.2, 0.25) is 10.0 Å². The summed E-state index contributed by atoms with van der Waals surface area (Å²) in [5.41, 5.74) is 1.01. The van der Waals surface area contributed by atoms with Gasteiger partial charge in [-0.15, -0.1) is 0 Å². The van der Waals surface area contributed by atoms with Gasteiger partial charge >= 0.3 is 5.69 Å². The second-order valence-electron chi connectivity index (χ2n) is 6.32. The van der Waals surface area contributed by atoms with Gasteiger partial charge in [-0.3, -0.25) is 14.8 Å². The zero-order chi connectivity index (χ0) is 18.9. The third kappa shape index (κ3) is 3.56. The van der Waals surface area contributed by atoms with E-state index < -0.39 is 25.5 Å². The number of benzene rings is 1. The van der Waals surface area contributed by atoms with Gasteiger partial charge in [-0.05, 0) is 43.4 Å². The number of aryl methyl sites for hydroxylation is 1. The highest BCUT2D eigenvalue weighted by Gasteiger charge is 2.31. The number of piperidine rings is 1. The Morgan fingerprint density at radius 2 is 2.04 bits per heavy atom. The molecule has 10 heteroatoms. The van der Waals surface area contributed by atoms with Gasteiger partial charge in [-0.2, -0.15) is 5.10 Å². The van der Waals surface area contributed by atoms with Crippen molar-refractivity contribution in [3.8, 4) is 0 Å². The number of nitro benzene ring substituents is 1. The molecular formula is C16H21N5O4S. The standard InChI is InChI=1S/C16H21N5O4S/c1-2-20-11-13(10-18-20)12-6-8-19(9-7-12)14-4-3-5-15(26(17,24)25)16(14)21(22)23/h3-5,10-12H,2,6-9H2,1H3,(H2,17,24,25). The second-order valence-corrected chi connectivity index (χ2v) is 7.85. The highest BCUT2D eigenvalue weighted by Crippen LogP contribution is 2.37. The van der Waals surface area contributed by atoms with E-state index >= 15 is 0 Å². The Morgan fingerprint density at radius 1 is 1.35 bits per heavy atom. The fraction of sp³-hybridized carbons (Fsp3) is 0.438. The molecule has 1 aromatic carbocycles. The summed E-state index contributed by atoms with van der Waals surface area (Å²) in [5.74, 6) is 0.340. The maximum absolute atomic E-state index is 11.7. The molecule has 0 atom stereocenters. The minimum absolute atomic E-state index is 0.296. The Bertz CT molecular complexity index is 916. The smallest absolute Gasteiger partial charge is 0.312 e. The summed E-state index contributed by atoms with van der Waals surface area (Å²) < 4.78 is 25.3. The highest BCUT2D eigenvalue weighted by atomic mass is 32.2. The molecule has 1 fully saturated rings. The van der Waals surface area contributed by atoms with Gasteiger partial charge in [0.15, 0.2) is 4.90 Å². The molecule has 1 saturated heterocycles. The van der Waals surface area contributed by atoms with Gasteiger partial charge in [-0.1, -0.05) is 6.07 Å². The fourth-order valence-electron chi connectivity index (χ4n) is 3.40. The first-order chi connectivity index (χ1) is 12.3. The first-order valence-electron chi connectivity index (χ1n) is 8.38. The first kappa shape index (κ1) is 18.3. The van der Waals surface area contributed by atoms with Crippen LogP contribution in [0.15, 0.2) is 35.5 Å². The van der Waals surface area contributed by atoms with E-state index in [0.29, 0.717) is 24.7 Å². The summed E-state index contributed by atoms with van der Waals surface area (Å²) >= 11 is 0. The van der Waals surface area contributed by atoms with Crippen LogP contribution in [0.2, 0.25) is 0 Å². The monoisotopic (exact) mass is 379 g/mol. The van der Waals surface area contributed by atoms with Crippen molar-refractivity contribution in [1.82, 2.24) is 9.78 Å². The maximum atomic E-state index is 11.7. The van der Waals surface area contributed by atoms with E-state index in [4.69, 9.17) is 5.14 Å². The number of rotatable bonds is 5. The van der Waals surface area contributed by atoms with Crippen LogP contribution in [0.1, 0.15) is 31.2 Å². The Kier molecular flexibility index (Phi) is 4.97. The molecule has 2 heterocycles. The lowest BCUT2D eigenvalue weighted by Gasteiger charge is -2.33. The molecule has 3 rings (SSSR count). The number of sulfonamides is 1. The topological polar surface area (TPSA) is 124 Å². The molecule has 9 nitrogen and oxygen atoms in total. The number of para-hydroxylation sites is 1. The SMILES string of the molecule is CCn1cc(C2CCN(c3cccc(S(N)(=O)=O)c3[N+](=O)[O-])CC2)cn1. The Morgan fingerprint density at radius 3 is 2.58 bits per heavy atom. The van der Waals surface area contributed by atoms with E-state index in [2.05, 4.69) is 5.10 Å². The Labute approximate surface area is 151 Å². The molecule has 0 saturated carbocycles. The van der Waals surface area contributed by atoms with Crippen molar-refractivity contribution in [2.75, 3.05) is 18.0 Å². The molecule has 2 N–H and O–H groups in total. The van der Waals surface area contributed by atoms with E-state index in [1.165, 1.54) is 17.7 Å². The number of aromatic nitrogens is 2. The van der Waals surface area contributed by atoms with Crippen molar-refractivity contribution in [3.63, 3.8) is 0 Å². The van der Waals surface area contributed by atoms with Gasteiger partial charge < -0.3 is 4.90 Å². The summed E-state index contributed by atoms with van der Waals surface area (Å²) in [6, 6.07) is 4.23. The fourth-order valence-corrected chi connectivity index (χ4v) is 4.11. The van der Waals surface area contributed by atoms with Crippen LogP contribution in [-0.2, 0) is 16.6 Å². The predicted octanol–water partition coefficient (Wildman–Crippen LogP) is 1.84. The van der Waals surface area contributed by atoms with E-state index in [0.717, 1.165) is 19.4 Å². The average molecular weight is 379 g/mol. The van der Waals surface area contributed by atoms with Crippen molar-refractivity contribution in [2.24, 2.45) is 5.14 Å². The van der Waals surface area contributed by atoms with Crippen molar-refractivity contribution < 1.29 is 13.3 Å². The summed E-state index contributed by atoms with van der Waals surface area (Å²) in [4.78, 5) is 12.2. The molecule has 0 bridgehead atoms. The number of nitrogens with zero attached hydrogens (tertiary/aromatic N) is 4. The van der Waals surface area contributed by atoms with Crippen molar-refractivity contribution in [3.05, 3.63) is 46.3 Å². The molecule has 2 aromatic rings. The third-order valence-corrected chi connectivity index (χ3v) is 5.69. The minimum Gasteiger partial charge on any atom is -0.366 e. The molecule has 1 aromatic heterocycles. The second kappa shape index (κ2) is 7.04. The molecule has 0 radical (unpaired) electrons. The zero-order valence-electron chi connectivity index (χ0n) is 14.4. The molecule has 0 amide bonds. The molecule has 1 aliphatic heterocycles. The lowest BCUT2D eigenvalue weighted by molar-refractivity contribution is -0.387. The van der Waals surface area contributed by atoms with Gasteiger partial charge in [0.25, 0.3) is 0 Å². The van der Waals surface area contributed by atoms with Gasteiger partial charge in [0.05, 0.1) is 11.1 Å². The van der Waals surface area contributed by atoms with E-state index in [9.17, 15) is 18.5 Å². The Hall–Kier alpha value is -2.46. The van der Waals surface area contributed by atoms with E-state index in [-0.39, 0.29) is 0 Å². The minimum atomic E-state index is -4.17. The predicted molar refractivity (Wildman–Crippen MR) is 96.6 cm³/mol. The molecule has 0 spiro atoms. The lowest BCUT2D eigenvalue weighted by Crippen LogP contribution is -2.33. The largest absolute Gasteiger partial charge is 0.366 e. The molecule has 0 aliphatic carbocycles. The summed E-state index contributed by atoms with van der Waals surface area (Å²) in [6.07, 6.45) is 5.52. The number of nitrogens with two attached hydrogens (primary N) is 1. The van der Waals surface area contributed by atoms with Crippen LogP contribution in [-0.4, -0.2) is 36.2 Å². The number of hydrogen-bond donors (Lipinski definition) is 1. The van der Waals surface area contributed by atoms with Gasteiger partial charge in [-0.25, -0.2) is 13.6 Å². The van der Waals surface area contributed by atoms with E-state index in [1.54, 1.807) is 6.07 Å². The number of anilines is 1. The molecule has 1 aliphatic rings. The Balaban J connectivity index is 1.84. The zero-order valence-corrected chi connectivity index (χ0v) is 15.2. The summed E-state index contributed by atoms with van der Waals surface area (Å²) in [7, 11) is -4.17. The molecule has 0 unspecified atom stereocenters. The van der Waals surface area contributed by atoms with Crippen LogP contribution in [0.4, 0.5) is 11.4 Å². The maximum Gasteiger partial charge on any atom is 0.312 e. The lowest BCUT2D eigenvalue weighted by atomic mass is 9.91. The van der Waals surface area contributed by atoms with Crippen LogP contribution in [0.25, 0.3) is 0 Å². The van der Waals surface area contributed by atoms with Crippen LogP contribution in [0.5, 0.6) is 0 Å². The molecule has 140 valence electrons. The normalized spacial score (nSPS) is 16.0. The number of hydrogen-bond acceptors (Lipinski definition) is 6. The summed E-state index contributed by atoms with van der Waals surface area (Å²) in [5, 5.41) is 20.9. The van der Waals surface area contributed by atoms with Crippen LogP contribution in [0, 0.1) is 10.1 Å². The van der Waals surface area contributed by atoms with Crippen LogP contribution in [0.3, 0.4) is 0 Å². The first-order valence-corrected chi connectivity index (χ1v) is 9.93. The molecule has 26 heavy (non-hydrogen) atoms. The van der Waals surface area contributed by atoms with Crippen molar-refractivity contribution in [1.29, 1.82) is 0 Å². The highest BCUT2D eigenvalue weighted by molar-refractivity contribution is 7.89. The molecular weight excluding hydrogens is 358 g/mol. The number of primary sulfonamides is 1. The van der Waals surface area contributed by atoms with Gasteiger partial charge in [0.1, 0.15) is 5.69 Å². The number of nitro groups is 1. The third-order valence-electron chi connectivity index (χ3n) is 4.75. The van der Waals surface area contributed by atoms with Crippen LogP contribution < -0.4 is 10.0 Å². The van der Waals surface area contributed by atoms with Crippen LogP contribution >= 0.6 is 0 Å². The summed E-state index contributed by atoms with van der Waals surface area (Å²) in [6.45, 7) is 4.02. The van der Waals surface area contributed by atoms with Crippen molar-refractivity contribution in [2.45, 2.75) is 37.1 Å². The van der Waals surface area contributed by atoms with Crippen molar-refractivity contribution >= 4 is 21.4 Å². The quantitative estimate of drug-likeness (QED) is 0.624.